The van der Waals surface area contributed by atoms with Crippen LogP contribution in [0.2, 0.25) is 0 Å². The van der Waals surface area contributed by atoms with Gasteiger partial charge in [-0.25, -0.2) is 0 Å². The first-order chi connectivity index (χ1) is 7.68. The fourth-order valence-corrected chi connectivity index (χ4v) is 1.82. The van der Waals surface area contributed by atoms with Crippen molar-refractivity contribution in [3.05, 3.63) is 40.0 Å². The van der Waals surface area contributed by atoms with Crippen molar-refractivity contribution in [3.8, 4) is 0 Å². The minimum Gasteiger partial charge on any atom is -0.399 e. The van der Waals surface area contributed by atoms with Crippen LogP contribution in [-0.2, 0) is 0 Å². The van der Waals surface area contributed by atoms with E-state index in [1.54, 1.807) is 12.1 Å². The molecule has 0 fully saturated rings. The Morgan fingerprint density at radius 3 is 2.88 bits per heavy atom. The second kappa shape index (κ2) is 4.32. The normalized spacial score (nSPS) is 15.6. The Hall–Kier alpha value is -1.88. The second-order valence-corrected chi connectivity index (χ2v) is 3.73. The fourth-order valence-electron chi connectivity index (χ4n) is 1.82. The molecule has 1 heterocycles. The van der Waals surface area contributed by atoms with E-state index >= 15 is 0 Å². The maximum Gasteiger partial charge on any atom is 0.278 e. The number of anilines is 1. The van der Waals surface area contributed by atoms with E-state index in [9.17, 15) is 10.1 Å². The minimum atomic E-state index is -0.388. The number of nitrogen functional groups attached to an aromatic ring is 1. The highest BCUT2D eigenvalue weighted by Gasteiger charge is 2.18. The lowest BCUT2D eigenvalue weighted by Crippen LogP contribution is -2.21. The molecule has 0 bridgehead atoms. The summed E-state index contributed by atoms with van der Waals surface area (Å²) in [4.78, 5) is 10.5. The van der Waals surface area contributed by atoms with E-state index in [4.69, 9.17) is 5.73 Å². The van der Waals surface area contributed by atoms with E-state index in [0.29, 0.717) is 17.8 Å². The van der Waals surface area contributed by atoms with Gasteiger partial charge in [0.25, 0.3) is 5.69 Å². The van der Waals surface area contributed by atoms with E-state index in [0.717, 1.165) is 18.5 Å². The Balaban J connectivity index is 2.47. The molecular weight excluding hydrogens is 206 g/mol. The SMILES string of the molecule is Nc1ccc(C2=CCCNC2)c([N+](=O)[O-])c1. The third-order valence-corrected chi connectivity index (χ3v) is 2.59. The standard InChI is InChI=1S/C11H13N3O2/c12-9-3-4-10(11(6-9)14(15)16)8-2-1-5-13-7-8/h2-4,6,13H,1,5,7,12H2. The highest BCUT2D eigenvalue weighted by atomic mass is 16.6. The topological polar surface area (TPSA) is 81.2 Å². The fraction of sp³-hybridized carbons (Fsp3) is 0.273. The molecule has 0 saturated heterocycles. The quantitative estimate of drug-likeness (QED) is 0.449. The predicted octanol–water partition coefficient (Wildman–Crippen LogP) is 1.55. The van der Waals surface area contributed by atoms with E-state index in [-0.39, 0.29) is 10.6 Å². The molecule has 0 amide bonds. The van der Waals surface area contributed by atoms with Gasteiger partial charge in [-0.1, -0.05) is 6.08 Å². The van der Waals surface area contributed by atoms with Gasteiger partial charge >= 0.3 is 0 Å². The van der Waals surface area contributed by atoms with Gasteiger partial charge in [-0.05, 0) is 30.7 Å². The number of nitrogens with one attached hydrogen (secondary N) is 1. The molecular formula is C11H13N3O2. The molecule has 0 unspecified atom stereocenters. The molecule has 3 N–H and O–H groups in total. The number of nitrogens with two attached hydrogens (primary N) is 1. The summed E-state index contributed by atoms with van der Waals surface area (Å²) >= 11 is 0. The van der Waals surface area contributed by atoms with Gasteiger partial charge in [0.05, 0.1) is 10.5 Å². The summed E-state index contributed by atoms with van der Waals surface area (Å²) in [6, 6.07) is 4.81. The van der Waals surface area contributed by atoms with Gasteiger partial charge < -0.3 is 11.1 Å². The summed E-state index contributed by atoms with van der Waals surface area (Å²) in [6.07, 6.45) is 2.94. The van der Waals surface area contributed by atoms with E-state index < -0.39 is 0 Å². The number of nitro benzene ring substituents is 1. The van der Waals surface area contributed by atoms with E-state index in [1.807, 2.05) is 6.08 Å². The van der Waals surface area contributed by atoms with Crippen molar-refractivity contribution in [2.45, 2.75) is 6.42 Å². The zero-order chi connectivity index (χ0) is 11.5. The van der Waals surface area contributed by atoms with E-state index in [1.165, 1.54) is 6.07 Å². The molecule has 5 heteroatoms. The number of hydrogen-bond acceptors (Lipinski definition) is 4. The number of nitrogens with zero attached hydrogens (tertiary/aromatic N) is 1. The smallest absolute Gasteiger partial charge is 0.278 e. The van der Waals surface area contributed by atoms with E-state index in [2.05, 4.69) is 5.32 Å². The van der Waals surface area contributed by atoms with Crippen LogP contribution in [-0.4, -0.2) is 18.0 Å². The number of hydrogen-bond donors (Lipinski definition) is 2. The second-order valence-electron chi connectivity index (χ2n) is 3.73. The van der Waals surface area contributed by atoms with Gasteiger partial charge in [0, 0.05) is 18.3 Å². The minimum absolute atomic E-state index is 0.0787. The zero-order valence-corrected chi connectivity index (χ0v) is 8.77. The Bertz CT molecular complexity index is 455. The molecule has 1 aliphatic rings. The van der Waals surface area contributed by atoms with Crippen LogP contribution in [0.5, 0.6) is 0 Å². The first-order valence-electron chi connectivity index (χ1n) is 5.12. The lowest BCUT2D eigenvalue weighted by atomic mass is 10.00. The average Bonchev–Trinajstić information content (AvgIpc) is 2.30. The van der Waals surface area contributed by atoms with Crippen molar-refractivity contribution >= 4 is 16.9 Å². The van der Waals surface area contributed by atoms with Crippen LogP contribution in [0.25, 0.3) is 5.57 Å². The van der Waals surface area contributed by atoms with Crippen LogP contribution >= 0.6 is 0 Å². The molecule has 5 nitrogen and oxygen atoms in total. The van der Waals surface area contributed by atoms with Crippen LogP contribution in [0.15, 0.2) is 24.3 Å². The van der Waals surface area contributed by atoms with Crippen molar-refractivity contribution in [2.75, 3.05) is 18.8 Å². The van der Waals surface area contributed by atoms with Crippen molar-refractivity contribution < 1.29 is 4.92 Å². The van der Waals surface area contributed by atoms with Crippen molar-refractivity contribution in [3.63, 3.8) is 0 Å². The summed E-state index contributed by atoms with van der Waals surface area (Å²) < 4.78 is 0. The molecule has 0 saturated carbocycles. The first-order valence-corrected chi connectivity index (χ1v) is 5.12. The maximum absolute atomic E-state index is 10.9. The van der Waals surface area contributed by atoms with Crippen molar-refractivity contribution in [1.82, 2.24) is 5.32 Å². The highest BCUT2D eigenvalue weighted by molar-refractivity contribution is 5.76. The van der Waals surface area contributed by atoms with Gasteiger partial charge in [0.15, 0.2) is 0 Å². The van der Waals surface area contributed by atoms with Gasteiger partial charge in [0.1, 0.15) is 0 Å². The summed E-state index contributed by atoms with van der Waals surface area (Å²) in [5.74, 6) is 0. The van der Waals surface area contributed by atoms with Crippen LogP contribution in [0, 0.1) is 10.1 Å². The van der Waals surface area contributed by atoms with Crippen molar-refractivity contribution in [2.24, 2.45) is 0 Å². The molecule has 0 aliphatic carbocycles. The molecule has 1 aromatic carbocycles. The van der Waals surface area contributed by atoms with Gasteiger partial charge in [0.2, 0.25) is 0 Å². The lowest BCUT2D eigenvalue weighted by molar-refractivity contribution is -0.385. The number of rotatable bonds is 2. The number of benzene rings is 1. The van der Waals surface area contributed by atoms with Gasteiger partial charge in [-0.3, -0.25) is 10.1 Å². The molecule has 0 spiro atoms. The molecule has 84 valence electrons. The monoisotopic (exact) mass is 219 g/mol. The Morgan fingerprint density at radius 2 is 2.25 bits per heavy atom. The molecule has 2 rings (SSSR count). The van der Waals surface area contributed by atoms with Crippen LogP contribution in [0.4, 0.5) is 11.4 Å². The molecule has 16 heavy (non-hydrogen) atoms. The number of nitro groups is 1. The largest absolute Gasteiger partial charge is 0.399 e. The summed E-state index contributed by atoms with van der Waals surface area (Å²) in [5, 5.41) is 14.1. The van der Waals surface area contributed by atoms with Gasteiger partial charge in [-0.15, -0.1) is 0 Å². The Labute approximate surface area is 93.1 Å². The average molecular weight is 219 g/mol. The molecule has 0 atom stereocenters. The van der Waals surface area contributed by atoms with Crippen LogP contribution < -0.4 is 11.1 Å². The summed E-state index contributed by atoms with van der Waals surface area (Å²) in [5.41, 5.74) is 7.68. The summed E-state index contributed by atoms with van der Waals surface area (Å²) in [7, 11) is 0. The molecule has 1 aromatic rings. The third kappa shape index (κ3) is 2.04. The lowest BCUT2D eigenvalue weighted by Gasteiger charge is -2.14. The first kappa shape index (κ1) is 10.6. The van der Waals surface area contributed by atoms with Crippen LogP contribution in [0.1, 0.15) is 12.0 Å². The third-order valence-electron chi connectivity index (χ3n) is 2.59. The molecule has 1 aliphatic heterocycles. The van der Waals surface area contributed by atoms with Gasteiger partial charge in [-0.2, -0.15) is 0 Å². The maximum atomic E-state index is 10.9. The van der Waals surface area contributed by atoms with Crippen LogP contribution in [0.3, 0.4) is 0 Å². The van der Waals surface area contributed by atoms with Crippen molar-refractivity contribution in [1.29, 1.82) is 0 Å². The zero-order valence-electron chi connectivity index (χ0n) is 8.77. The Morgan fingerprint density at radius 1 is 1.44 bits per heavy atom. The molecule has 0 aromatic heterocycles. The Kier molecular flexibility index (Phi) is 2.87. The summed E-state index contributed by atoms with van der Waals surface area (Å²) in [6.45, 7) is 1.59. The molecule has 0 radical (unpaired) electrons. The predicted molar refractivity (Wildman–Crippen MR) is 63.0 cm³/mol. The highest BCUT2D eigenvalue weighted by Crippen LogP contribution is 2.28.